The van der Waals surface area contributed by atoms with Crippen LogP contribution >= 0.6 is 11.6 Å². The maximum absolute atomic E-state index is 10.3. The van der Waals surface area contributed by atoms with Crippen LogP contribution in [-0.2, 0) is 0 Å². The first-order valence-electron chi connectivity index (χ1n) is 9.76. The van der Waals surface area contributed by atoms with Gasteiger partial charge in [-0.25, -0.2) is 4.68 Å². The molecular formula is C24H19ClN4O2. The second kappa shape index (κ2) is 7.81. The van der Waals surface area contributed by atoms with Crippen molar-refractivity contribution < 1.29 is 9.84 Å². The first-order valence-corrected chi connectivity index (χ1v) is 10.1. The Hall–Kier alpha value is -3.77. The molecule has 1 unspecified atom stereocenters. The van der Waals surface area contributed by atoms with Crippen molar-refractivity contribution in [1.82, 2.24) is 14.8 Å². The Labute approximate surface area is 184 Å². The Kier molecular flexibility index (Phi) is 4.84. The number of aromatic hydroxyl groups is 1. The van der Waals surface area contributed by atoms with E-state index in [0.29, 0.717) is 22.5 Å². The number of allylic oxidation sites excluding steroid dienone is 1. The number of phenolic OH excluding ortho intramolecular Hbond substituents is 1. The van der Waals surface area contributed by atoms with Gasteiger partial charge in [-0.15, -0.1) is 5.10 Å². The Bertz CT molecular complexity index is 1270. The third kappa shape index (κ3) is 3.62. The van der Waals surface area contributed by atoms with Crippen LogP contribution in [0, 0.1) is 0 Å². The predicted octanol–water partition coefficient (Wildman–Crippen LogP) is 5.37. The number of anilines is 1. The van der Waals surface area contributed by atoms with Gasteiger partial charge in [-0.1, -0.05) is 60.1 Å². The van der Waals surface area contributed by atoms with E-state index >= 15 is 0 Å². The number of fused-ring (bicyclic) bond motifs is 1. The molecule has 0 radical (unpaired) electrons. The minimum Gasteiger partial charge on any atom is -0.504 e. The second-order valence-electron chi connectivity index (χ2n) is 7.16. The maximum atomic E-state index is 10.3. The van der Waals surface area contributed by atoms with E-state index in [1.54, 1.807) is 12.1 Å². The molecular weight excluding hydrogens is 412 g/mol. The number of rotatable bonds is 4. The van der Waals surface area contributed by atoms with Gasteiger partial charge < -0.3 is 15.2 Å². The van der Waals surface area contributed by atoms with Crippen molar-refractivity contribution >= 4 is 23.2 Å². The average molecular weight is 431 g/mol. The third-order valence-electron chi connectivity index (χ3n) is 5.20. The molecule has 1 aliphatic rings. The highest BCUT2D eigenvalue weighted by atomic mass is 35.5. The molecule has 31 heavy (non-hydrogen) atoms. The molecule has 0 amide bonds. The van der Waals surface area contributed by atoms with Crippen molar-refractivity contribution in [1.29, 1.82) is 0 Å². The molecule has 2 N–H and O–H groups in total. The van der Waals surface area contributed by atoms with Gasteiger partial charge in [-0.05, 0) is 41.5 Å². The molecule has 1 atom stereocenters. The number of nitrogens with zero attached hydrogens (tertiary/aromatic N) is 3. The van der Waals surface area contributed by atoms with Crippen LogP contribution in [0.3, 0.4) is 0 Å². The quantitative estimate of drug-likeness (QED) is 0.455. The first-order chi connectivity index (χ1) is 15.1. The van der Waals surface area contributed by atoms with E-state index in [4.69, 9.17) is 26.4 Å². The van der Waals surface area contributed by atoms with Gasteiger partial charge >= 0.3 is 0 Å². The van der Waals surface area contributed by atoms with Gasteiger partial charge in [0.15, 0.2) is 17.3 Å². The standard InChI is InChI=1S/C24H19ClN4O2/c1-31-22-12-9-17(13-21(22)30)20-14-19(15-7-10-18(25)11-8-15)26-24-27-23(28-29(20)24)16-5-3-2-4-6-16/h2-14,20,30H,1H3,(H,26,27,28). The van der Waals surface area contributed by atoms with Crippen molar-refractivity contribution in [3.63, 3.8) is 0 Å². The molecule has 7 heteroatoms. The SMILES string of the molecule is COc1ccc(C2C=C(c3ccc(Cl)cc3)Nc3nc(-c4ccccc4)nn32)cc1O. The zero-order valence-electron chi connectivity index (χ0n) is 16.7. The van der Waals surface area contributed by atoms with Crippen molar-refractivity contribution in [2.24, 2.45) is 0 Å². The van der Waals surface area contributed by atoms with Gasteiger partial charge in [0.25, 0.3) is 0 Å². The Morgan fingerprint density at radius 1 is 1.00 bits per heavy atom. The summed E-state index contributed by atoms with van der Waals surface area (Å²) < 4.78 is 7.02. The topological polar surface area (TPSA) is 72.2 Å². The van der Waals surface area contributed by atoms with Gasteiger partial charge in [0, 0.05) is 16.3 Å². The maximum Gasteiger partial charge on any atom is 0.227 e. The minimum absolute atomic E-state index is 0.0740. The highest BCUT2D eigenvalue weighted by Crippen LogP contribution is 2.37. The lowest BCUT2D eigenvalue weighted by Gasteiger charge is -2.24. The smallest absolute Gasteiger partial charge is 0.227 e. The molecule has 0 fully saturated rings. The summed E-state index contributed by atoms with van der Waals surface area (Å²) in [6.45, 7) is 0. The average Bonchev–Trinajstić information content (AvgIpc) is 3.24. The van der Waals surface area contributed by atoms with E-state index in [9.17, 15) is 5.11 Å². The van der Waals surface area contributed by atoms with Crippen molar-refractivity contribution in [2.45, 2.75) is 6.04 Å². The summed E-state index contributed by atoms with van der Waals surface area (Å²) in [6.07, 6.45) is 2.06. The number of nitrogens with one attached hydrogen (secondary N) is 1. The summed E-state index contributed by atoms with van der Waals surface area (Å²) >= 11 is 6.07. The van der Waals surface area contributed by atoms with Crippen LogP contribution in [0.1, 0.15) is 17.2 Å². The fraction of sp³-hybridized carbons (Fsp3) is 0.0833. The molecule has 2 heterocycles. The first kappa shape index (κ1) is 19.2. The van der Waals surface area contributed by atoms with E-state index in [1.165, 1.54) is 7.11 Å². The van der Waals surface area contributed by atoms with Crippen LogP contribution in [0.2, 0.25) is 5.02 Å². The normalized spacial score (nSPS) is 15.0. The van der Waals surface area contributed by atoms with Gasteiger partial charge in [0.1, 0.15) is 6.04 Å². The minimum atomic E-state index is -0.274. The van der Waals surface area contributed by atoms with Crippen LogP contribution in [0.25, 0.3) is 17.1 Å². The molecule has 4 aromatic rings. The lowest BCUT2D eigenvalue weighted by molar-refractivity contribution is 0.372. The molecule has 0 saturated carbocycles. The summed E-state index contributed by atoms with van der Waals surface area (Å²) in [4.78, 5) is 4.73. The Balaban J connectivity index is 1.63. The van der Waals surface area contributed by atoms with Crippen molar-refractivity contribution in [3.05, 3.63) is 95.0 Å². The Morgan fingerprint density at radius 3 is 2.48 bits per heavy atom. The molecule has 0 bridgehead atoms. The monoisotopic (exact) mass is 430 g/mol. The molecule has 1 aliphatic heterocycles. The van der Waals surface area contributed by atoms with E-state index in [0.717, 1.165) is 22.4 Å². The van der Waals surface area contributed by atoms with Crippen LogP contribution in [-0.4, -0.2) is 27.0 Å². The van der Waals surface area contributed by atoms with E-state index in [1.807, 2.05) is 65.3 Å². The molecule has 3 aromatic carbocycles. The molecule has 6 nitrogen and oxygen atoms in total. The van der Waals surface area contributed by atoms with Gasteiger partial charge in [0.05, 0.1) is 7.11 Å². The lowest BCUT2D eigenvalue weighted by Crippen LogP contribution is -2.20. The predicted molar refractivity (Wildman–Crippen MR) is 121 cm³/mol. The number of hydrogen-bond donors (Lipinski definition) is 2. The van der Waals surface area contributed by atoms with Crippen LogP contribution in [0.4, 0.5) is 5.95 Å². The summed E-state index contributed by atoms with van der Waals surface area (Å²) in [5.74, 6) is 1.73. The number of ether oxygens (including phenoxy) is 1. The Morgan fingerprint density at radius 2 is 1.77 bits per heavy atom. The molecule has 0 saturated heterocycles. The summed E-state index contributed by atoms with van der Waals surface area (Å²) in [6, 6.07) is 22.5. The number of aromatic nitrogens is 3. The van der Waals surface area contributed by atoms with E-state index in [-0.39, 0.29) is 11.8 Å². The largest absolute Gasteiger partial charge is 0.504 e. The van der Waals surface area contributed by atoms with Crippen LogP contribution in [0.15, 0.2) is 78.9 Å². The summed E-state index contributed by atoms with van der Waals surface area (Å²) in [7, 11) is 1.53. The fourth-order valence-corrected chi connectivity index (χ4v) is 3.75. The second-order valence-corrected chi connectivity index (χ2v) is 7.59. The molecule has 154 valence electrons. The van der Waals surface area contributed by atoms with Crippen molar-refractivity contribution in [3.8, 4) is 22.9 Å². The van der Waals surface area contributed by atoms with Gasteiger partial charge in [-0.2, -0.15) is 4.98 Å². The zero-order valence-corrected chi connectivity index (χ0v) is 17.4. The fourth-order valence-electron chi connectivity index (χ4n) is 3.63. The highest BCUT2D eigenvalue weighted by Gasteiger charge is 2.26. The summed E-state index contributed by atoms with van der Waals surface area (Å²) in [5, 5.41) is 19.2. The van der Waals surface area contributed by atoms with E-state index in [2.05, 4.69) is 11.4 Å². The lowest BCUT2D eigenvalue weighted by atomic mass is 10.0. The zero-order chi connectivity index (χ0) is 21.4. The molecule has 0 spiro atoms. The molecule has 0 aliphatic carbocycles. The number of halogens is 1. The van der Waals surface area contributed by atoms with Gasteiger partial charge in [-0.3, -0.25) is 0 Å². The summed E-state index contributed by atoms with van der Waals surface area (Å²) in [5.41, 5.74) is 3.65. The van der Waals surface area contributed by atoms with Crippen molar-refractivity contribution in [2.75, 3.05) is 12.4 Å². The van der Waals surface area contributed by atoms with E-state index < -0.39 is 0 Å². The number of methoxy groups -OCH3 is 1. The number of benzene rings is 3. The number of hydrogen-bond acceptors (Lipinski definition) is 5. The van der Waals surface area contributed by atoms with Gasteiger partial charge in [0.2, 0.25) is 5.95 Å². The van der Waals surface area contributed by atoms with Crippen LogP contribution in [0.5, 0.6) is 11.5 Å². The highest BCUT2D eigenvalue weighted by molar-refractivity contribution is 6.30. The third-order valence-corrected chi connectivity index (χ3v) is 5.45. The van der Waals surface area contributed by atoms with Crippen LogP contribution < -0.4 is 10.1 Å². The number of phenols is 1. The molecule has 5 rings (SSSR count). The molecule has 1 aromatic heterocycles.